The van der Waals surface area contributed by atoms with Crippen LogP contribution in [-0.4, -0.2) is 43.2 Å². The zero-order valence-electron chi connectivity index (χ0n) is 12.2. The van der Waals surface area contributed by atoms with Gasteiger partial charge in [-0.15, -0.1) is 0 Å². The van der Waals surface area contributed by atoms with E-state index in [9.17, 15) is 9.18 Å². The minimum absolute atomic E-state index is 0.0752. The van der Waals surface area contributed by atoms with Crippen LogP contribution in [0, 0.1) is 11.7 Å². The molecule has 4 nitrogen and oxygen atoms in total. The topological polar surface area (TPSA) is 41.6 Å². The van der Waals surface area contributed by atoms with Crippen molar-refractivity contribution in [3.63, 3.8) is 0 Å². The predicted octanol–water partition coefficient (Wildman–Crippen LogP) is 1.55. The van der Waals surface area contributed by atoms with Gasteiger partial charge in [-0.2, -0.15) is 0 Å². The first-order chi connectivity index (χ1) is 10.2. The molecule has 3 rings (SSSR count). The van der Waals surface area contributed by atoms with Gasteiger partial charge in [0.2, 0.25) is 5.91 Å². The predicted molar refractivity (Wildman–Crippen MR) is 77.1 cm³/mol. The summed E-state index contributed by atoms with van der Waals surface area (Å²) in [6.45, 7) is 1.52. The Bertz CT molecular complexity index is 519. The summed E-state index contributed by atoms with van der Waals surface area (Å²) < 4.78 is 18.8. The number of rotatable bonds is 5. The highest BCUT2D eigenvalue weighted by Gasteiger charge is 2.40. The van der Waals surface area contributed by atoms with Gasteiger partial charge in [-0.1, -0.05) is 12.1 Å². The maximum Gasteiger partial charge on any atom is 0.230 e. The molecule has 1 aromatic rings. The van der Waals surface area contributed by atoms with Gasteiger partial charge in [0, 0.05) is 18.6 Å². The summed E-state index contributed by atoms with van der Waals surface area (Å²) in [6, 6.07) is 6.87. The van der Waals surface area contributed by atoms with Crippen LogP contribution in [0.2, 0.25) is 0 Å². The Labute approximate surface area is 124 Å². The average Bonchev–Trinajstić information content (AvgIpc) is 3.20. The molecular weight excluding hydrogens is 271 g/mol. The second-order valence-electron chi connectivity index (χ2n) is 5.87. The van der Waals surface area contributed by atoms with E-state index in [-0.39, 0.29) is 23.7 Å². The summed E-state index contributed by atoms with van der Waals surface area (Å²) in [6.07, 6.45) is 2.08. The third-order valence-electron chi connectivity index (χ3n) is 4.28. The molecule has 1 aromatic carbocycles. The van der Waals surface area contributed by atoms with Crippen molar-refractivity contribution in [3.8, 4) is 0 Å². The van der Waals surface area contributed by atoms with Crippen LogP contribution in [0.5, 0.6) is 0 Å². The first-order valence-electron chi connectivity index (χ1n) is 7.49. The van der Waals surface area contributed by atoms with Gasteiger partial charge in [0.05, 0.1) is 19.1 Å². The molecule has 21 heavy (non-hydrogen) atoms. The molecule has 1 amide bonds. The highest BCUT2D eigenvalue weighted by atomic mass is 19.1. The number of nitrogens with zero attached hydrogens (tertiary/aromatic N) is 1. The number of amides is 1. The lowest BCUT2D eigenvalue weighted by Gasteiger charge is -2.27. The van der Waals surface area contributed by atoms with Crippen LogP contribution < -0.4 is 5.32 Å². The van der Waals surface area contributed by atoms with Crippen LogP contribution in [0.4, 0.5) is 4.39 Å². The number of hydrogen-bond acceptors (Lipinski definition) is 3. The van der Waals surface area contributed by atoms with Crippen LogP contribution in [-0.2, 0) is 16.1 Å². The molecule has 0 bridgehead atoms. The van der Waals surface area contributed by atoms with Gasteiger partial charge in [0.15, 0.2) is 0 Å². The molecule has 5 heteroatoms. The fourth-order valence-corrected chi connectivity index (χ4v) is 2.90. The number of ether oxygens (including phenoxy) is 1. The monoisotopic (exact) mass is 292 g/mol. The number of hydrogen-bond donors (Lipinski definition) is 1. The average molecular weight is 292 g/mol. The zero-order valence-corrected chi connectivity index (χ0v) is 12.2. The third-order valence-corrected chi connectivity index (χ3v) is 4.28. The van der Waals surface area contributed by atoms with Crippen molar-refractivity contribution in [1.82, 2.24) is 10.2 Å². The van der Waals surface area contributed by atoms with E-state index in [0.29, 0.717) is 25.8 Å². The Hall–Kier alpha value is -1.46. The summed E-state index contributed by atoms with van der Waals surface area (Å²) in [4.78, 5) is 14.7. The maximum absolute atomic E-state index is 13.3. The van der Waals surface area contributed by atoms with Crippen molar-refractivity contribution in [2.45, 2.75) is 31.5 Å². The quantitative estimate of drug-likeness (QED) is 0.895. The van der Waals surface area contributed by atoms with Crippen molar-refractivity contribution < 1.29 is 13.9 Å². The second kappa shape index (κ2) is 6.12. The summed E-state index contributed by atoms with van der Waals surface area (Å²) in [5.74, 6) is -0.268. The molecule has 114 valence electrons. The minimum Gasteiger partial charge on any atom is -0.379 e. The van der Waals surface area contributed by atoms with Crippen molar-refractivity contribution in [3.05, 3.63) is 35.6 Å². The smallest absolute Gasteiger partial charge is 0.230 e. The Morgan fingerprint density at radius 2 is 2.24 bits per heavy atom. The number of nitrogens with one attached hydrogen (secondary N) is 1. The van der Waals surface area contributed by atoms with E-state index in [1.54, 1.807) is 6.07 Å². The molecule has 1 heterocycles. The van der Waals surface area contributed by atoms with E-state index in [2.05, 4.69) is 5.32 Å². The lowest BCUT2D eigenvalue weighted by atomic mass is 10.0. The molecule has 1 aliphatic carbocycles. The lowest BCUT2D eigenvalue weighted by Crippen LogP contribution is -2.45. The fraction of sp³-hybridized carbons (Fsp3) is 0.562. The molecule has 1 saturated carbocycles. The van der Waals surface area contributed by atoms with Gasteiger partial charge in [-0.25, -0.2) is 4.39 Å². The van der Waals surface area contributed by atoms with Gasteiger partial charge in [0.1, 0.15) is 5.82 Å². The highest BCUT2D eigenvalue weighted by molar-refractivity contribution is 5.80. The number of likely N-dealkylation sites (N-methyl/N-ethyl adjacent to an activating group) is 1. The highest BCUT2D eigenvalue weighted by Crippen LogP contribution is 2.31. The SMILES string of the molecule is CNC1COCC1C(=O)N(Cc1cccc(F)c1)C1CC1. The van der Waals surface area contributed by atoms with Crippen molar-refractivity contribution >= 4 is 5.91 Å². The van der Waals surface area contributed by atoms with E-state index >= 15 is 0 Å². The van der Waals surface area contributed by atoms with Crippen LogP contribution in [0.15, 0.2) is 24.3 Å². The molecule has 0 spiro atoms. The van der Waals surface area contributed by atoms with E-state index in [1.165, 1.54) is 12.1 Å². The van der Waals surface area contributed by atoms with Crippen LogP contribution in [0.25, 0.3) is 0 Å². The molecule has 0 radical (unpaired) electrons. The molecule has 1 N–H and O–H groups in total. The van der Waals surface area contributed by atoms with Gasteiger partial charge in [0.25, 0.3) is 0 Å². The molecule has 2 atom stereocenters. The van der Waals surface area contributed by atoms with Crippen molar-refractivity contribution in [1.29, 1.82) is 0 Å². The number of halogens is 1. The zero-order chi connectivity index (χ0) is 14.8. The van der Waals surface area contributed by atoms with Crippen molar-refractivity contribution in [2.75, 3.05) is 20.3 Å². The number of carbonyl (C=O) groups excluding carboxylic acids is 1. The first kappa shape index (κ1) is 14.5. The lowest BCUT2D eigenvalue weighted by molar-refractivity contribution is -0.137. The summed E-state index contributed by atoms with van der Waals surface area (Å²) in [5, 5.41) is 3.15. The third kappa shape index (κ3) is 3.24. The Morgan fingerprint density at radius 3 is 2.90 bits per heavy atom. The maximum atomic E-state index is 13.3. The van der Waals surface area contributed by atoms with Crippen LogP contribution >= 0.6 is 0 Å². The van der Waals surface area contributed by atoms with E-state index < -0.39 is 0 Å². The van der Waals surface area contributed by atoms with Gasteiger partial charge in [-0.3, -0.25) is 4.79 Å². The largest absolute Gasteiger partial charge is 0.379 e. The van der Waals surface area contributed by atoms with Gasteiger partial charge < -0.3 is 15.0 Å². The van der Waals surface area contributed by atoms with Crippen LogP contribution in [0.1, 0.15) is 18.4 Å². The second-order valence-corrected chi connectivity index (χ2v) is 5.87. The van der Waals surface area contributed by atoms with E-state index in [1.807, 2.05) is 18.0 Å². The summed E-state index contributed by atoms with van der Waals surface area (Å²) in [7, 11) is 1.85. The van der Waals surface area contributed by atoms with Crippen molar-refractivity contribution in [2.24, 2.45) is 5.92 Å². The minimum atomic E-state index is -0.256. The summed E-state index contributed by atoms with van der Waals surface area (Å²) >= 11 is 0. The van der Waals surface area contributed by atoms with Gasteiger partial charge >= 0.3 is 0 Å². The van der Waals surface area contributed by atoms with E-state index in [0.717, 1.165) is 18.4 Å². The Balaban J connectivity index is 1.74. The molecule has 2 fully saturated rings. The molecule has 1 saturated heterocycles. The van der Waals surface area contributed by atoms with Gasteiger partial charge in [-0.05, 0) is 37.6 Å². The molecule has 0 aromatic heterocycles. The van der Waals surface area contributed by atoms with Crippen LogP contribution in [0.3, 0.4) is 0 Å². The summed E-state index contributed by atoms with van der Waals surface area (Å²) in [5.41, 5.74) is 0.843. The van der Waals surface area contributed by atoms with E-state index in [4.69, 9.17) is 4.74 Å². The number of carbonyl (C=O) groups is 1. The normalized spacial score (nSPS) is 25.0. The molecule has 2 unspecified atom stereocenters. The standard InChI is InChI=1S/C16H21FN2O2/c1-18-15-10-21-9-14(15)16(20)19(13-5-6-13)8-11-3-2-4-12(17)7-11/h2-4,7,13-15,18H,5-6,8-10H2,1H3. The fourth-order valence-electron chi connectivity index (χ4n) is 2.90. The Morgan fingerprint density at radius 1 is 1.43 bits per heavy atom. The molecule has 2 aliphatic rings. The number of benzene rings is 1. The molecule has 1 aliphatic heterocycles. The molecular formula is C16H21FN2O2. The first-order valence-corrected chi connectivity index (χ1v) is 7.49. The Kier molecular flexibility index (Phi) is 4.22.